The van der Waals surface area contributed by atoms with Gasteiger partial charge >= 0.3 is 0 Å². The summed E-state index contributed by atoms with van der Waals surface area (Å²) in [5.41, 5.74) is 11.8. The lowest BCUT2D eigenvalue weighted by Gasteiger charge is -2.75. The first-order chi connectivity index (χ1) is 17.0. The summed E-state index contributed by atoms with van der Waals surface area (Å²) < 4.78 is 1.65. The minimum absolute atomic E-state index is 0.226. The van der Waals surface area contributed by atoms with Gasteiger partial charge in [0.15, 0.2) is 16.9 Å². The zero-order valence-corrected chi connectivity index (χ0v) is 20.7. The summed E-state index contributed by atoms with van der Waals surface area (Å²) in [5, 5.41) is 0. The van der Waals surface area contributed by atoms with Gasteiger partial charge in [0.25, 0.3) is 0 Å². The standard InChI is InChI=1S/C22H20N2O.C10H16/c23-24-19-11-20(24)13-21(12-19,16-7-3-1-4-8-16)18(25)22(14-19,15-20)17-9-5-2-6-10-17;1-7-2-9-4-8(1)5-10(3-7)6-9/h1-10H,11-15H2;7-10H,1-6H2. The van der Waals surface area contributed by atoms with Crippen LogP contribution in [0.1, 0.15) is 81.8 Å². The molecule has 13 rings (SSSR count). The third-order valence-corrected chi connectivity index (χ3v) is 11.6. The Kier molecular flexibility index (Phi) is 4.00. The maximum absolute atomic E-state index is 14.0. The molecule has 35 heavy (non-hydrogen) atoms. The normalized spacial score (nSPS) is 47.3. The molecule has 3 saturated heterocycles. The number of piperidine rings is 2. The molecule has 8 saturated carbocycles. The molecule has 180 valence electrons. The Morgan fingerprint density at radius 3 is 1.23 bits per heavy atom. The largest absolute Gasteiger partial charge is 0.506 e. The minimum Gasteiger partial charge on any atom is -0.506 e. The van der Waals surface area contributed by atoms with Crippen LogP contribution in [0.4, 0.5) is 0 Å². The summed E-state index contributed by atoms with van der Waals surface area (Å²) >= 11 is 0. The maximum Gasteiger partial charge on any atom is 0.160 e. The molecule has 8 aliphatic carbocycles. The van der Waals surface area contributed by atoms with Crippen LogP contribution < -0.4 is 0 Å². The van der Waals surface area contributed by atoms with Crippen molar-refractivity contribution in [3.05, 3.63) is 77.3 Å². The lowest BCUT2D eigenvalue weighted by atomic mass is 9.32. The molecule has 0 atom stereocenters. The van der Waals surface area contributed by atoms with Crippen molar-refractivity contribution >= 4 is 5.78 Å². The summed E-state index contributed by atoms with van der Waals surface area (Å²) in [6, 6.07) is 20.6. The van der Waals surface area contributed by atoms with E-state index < -0.39 is 10.8 Å². The molecule has 3 nitrogen and oxygen atoms in total. The van der Waals surface area contributed by atoms with Crippen LogP contribution in [0, 0.1) is 23.7 Å². The van der Waals surface area contributed by atoms with Crippen LogP contribution in [0.2, 0.25) is 0 Å². The molecular weight excluding hydrogens is 428 g/mol. The second-order valence-corrected chi connectivity index (χ2v) is 13.7. The van der Waals surface area contributed by atoms with Crippen molar-refractivity contribution in [2.45, 2.75) is 92.5 Å². The van der Waals surface area contributed by atoms with E-state index in [0.29, 0.717) is 5.78 Å². The quantitative estimate of drug-likeness (QED) is 0.452. The van der Waals surface area contributed by atoms with Crippen LogP contribution in [0.3, 0.4) is 0 Å². The third-order valence-electron chi connectivity index (χ3n) is 11.6. The average Bonchev–Trinajstić information content (AvgIpc) is 2.87. The Bertz CT molecular complexity index is 1070. The molecule has 3 heteroatoms. The predicted molar refractivity (Wildman–Crippen MR) is 135 cm³/mol. The fourth-order valence-electron chi connectivity index (χ4n) is 11.2. The lowest BCUT2D eigenvalue weighted by molar-refractivity contribution is -0.793. The van der Waals surface area contributed by atoms with Crippen molar-refractivity contribution in [2.75, 3.05) is 0 Å². The molecule has 11 fully saturated rings. The van der Waals surface area contributed by atoms with Crippen molar-refractivity contribution in [1.82, 2.24) is 0 Å². The molecule has 8 bridgehead atoms. The first-order valence-electron chi connectivity index (χ1n) is 14.1. The second kappa shape index (κ2) is 6.72. The number of rotatable bonds is 2. The Hall–Kier alpha value is -2.29. The van der Waals surface area contributed by atoms with E-state index in [-0.39, 0.29) is 11.1 Å². The van der Waals surface area contributed by atoms with E-state index in [2.05, 4.69) is 24.3 Å². The number of ketones is 1. The van der Waals surface area contributed by atoms with Gasteiger partial charge in [-0.1, -0.05) is 60.7 Å². The number of hydrogen-bond donors (Lipinski definition) is 0. The van der Waals surface area contributed by atoms with E-state index in [0.717, 1.165) is 43.2 Å². The maximum atomic E-state index is 14.0. The summed E-state index contributed by atoms with van der Waals surface area (Å²) in [4.78, 5) is 14.0. The highest BCUT2D eigenvalue weighted by Gasteiger charge is 2.86. The van der Waals surface area contributed by atoms with E-state index in [1.54, 1.807) is 43.2 Å². The van der Waals surface area contributed by atoms with Gasteiger partial charge in [-0.25, -0.2) is 0 Å². The molecule has 2 spiro atoms. The molecule has 0 amide bonds. The van der Waals surface area contributed by atoms with Crippen molar-refractivity contribution in [2.24, 2.45) is 23.7 Å². The van der Waals surface area contributed by atoms with E-state index in [1.165, 1.54) is 23.7 Å². The zero-order chi connectivity index (χ0) is 23.5. The van der Waals surface area contributed by atoms with Crippen molar-refractivity contribution in [3.8, 4) is 0 Å². The fourth-order valence-corrected chi connectivity index (χ4v) is 11.2. The van der Waals surface area contributed by atoms with Crippen LogP contribution >= 0.6 is 0 Å². The monoisotopic (exact) mass is 464 g/mol. The molecule has 2 aromatic rings. The van der Waals surface area contributed by atoms with Gasteiger partial charge in [-0.05, 0) is 73.3 Å². The molecule has 3 heterocycles. The van der Waals surface area contributed by atoms with Gasteiger partial charge < -0.3 is 10.2 Å². The highest BCUT2D eigenvalue weighted by atomic mass is 16.1. The third kappa shape index (κ3) is 2.60. The van der Waals surface area contributed by atoms with Gasteiger partial charge in [-0.3, -0.25) is 4.79 Å². The number of nitrogens with zero attached hydrogens (tertiary/aromatic N) is 2. The molecule has 3 aliphatic heterocycles. The highest BCUT2D eigenvalue weighted by Crippen LogP contribution is 2.75. The molecule has 0 N–H and O–H groups in total. The van der Waals surface area contributed by atoms with Gasteiger partial charge in [0.2, 0.25) is 0 Å². The Morgan fingerprint density at radius 1 is 0.571 bits per heavy atom. The first-order valence-corrected chi connectivity index (χ1v) is 14.1. The van der Waals surface area contributed by atoms with E-state index >= 15 is 0 Å². The van der Waals surface area contributed by atoms with Crippen LogP contribution in [0.25, 0.3) is 5.53 Å². The second-order valence-electron chi connectivity index (χ2n) is 13.7. The molecule has 0 unspecified atom stereocenters. The zero-order valence-electron chi connectivity index (χ0n) is 20.7. The summed E-state index contributed by atoms with van der Waals surface area (Å²) in [5.74, 6) is 5.09. The van der Waals surface area contributed by atoms with E-state index in [9.17, 15) is 10.3 Å². The molecule has 2 aromatic carbocycles. The first kappa shape index (κ1) is 20.9. The van der Waals surface area contributed by atoms with Crippen molar-refractivity contribution < 1.29 is 9.49 Å². The Balaban J connectivity index is 0.000000162. The molecule has 11 aliphatic rings. The lowest BCUT2D eigenvalue weighted by Crippen LogP contribution is -2.87. The topological polar surface area (TPSA) is 42.4 Å². The van der Waals surface area contributed by atoms with Crippen LogP contribution in [-0.2, 0) is 15.6 Å². The molecular formula is C32H36N2O. The van der Waals surface area contributed by atoms with Gasteiger partial charge in [-0.15, -0.1) is 0 Å². The predicted octanol–water partition coefficient (Wildman–Crippen LogP) is 6.78. The molecule has 0 radical (unpaired) electrons. The van der Waals surface area contributed by atoms with Crippen molar-refractivity contribution in [1.29, 1.82) is 0 Å². The van der Waals surface area contributed by atoms with Gasteiger partial charge in [0.1, 0.15) is 0 Å². The summed E-state index contributed by atoms with van der Waals surface area (Å²) in [7, 11) is 0. The molecule has 0 aromatic heterocycles. The van der Waals surface area contributed by atoms with Gasteiger partial charge in [-0.2, -0.15) is 0 Å². The van der Waals surface area contributed by atoms with Gasteiger partial charge in [0.05, 0.1) is 17.3 Å². The van der Waals surface area contributed by atoms with Gasteiger partial charge in [0, 0.05) is 25.7 Å². The number of carbonyl (C=O) groups excluding carboxylic acids is 1. The minimum atomic E-state index is -0.439. The van der Waals surface area contributed by atoms with Crippen LogP contribution in [0.15, 0.2) is 60.7 Å². The Labute approximate surface area is 208 Å². The highest BCUT2D eigenvalue weighted by molar-refractivity contribution is 6.02. The van der Waals surface area contributed by atoms with Crippen LogP contribution in [-0.4, -0.2) is 21.6 Å². The smallest absolute Gasteiger partial charge is 0.160 e. The summed E-state index contributed by atoms with van der Waals surface area (Å²) in [6.45, 7) is 0. The fraction of sp³-hybridized carbons (Fsp3) is 0.594. The number of benzene rings is 2. The Morgan fingerprint density at radius 2 is 0.914 bits per heavy atom. The number of Topliss-reactive ketones (excluding diaryl/α,β-unsaturated/α-hetero) is 1. The number of carbonyl (C=O) groups is 1. The van der Waals surface area contributed by atoms with Crippen LogP contribution in [0.5, 0.6) is 0 Å². The van der Waals surface area contributed by atoms with E-state index in [4.69, 9.17) is 0 Å². The number of hydrogen-bond acceptors (Lipinski definition) is 1. The average molecular weight is 465 g/mol. The van der Waals surface area contributed by atoms with E-state index in [1.807, 2.05) is 36.4 Å². The van der Waals surface area contributed by atoms with Crippen molar-refractivity contribution in [3.63, 3.8) is 0 Å². The SMILES string of the molecule is C1C2CC3CC1CC(C2)C3.[N-]=[N+]1C23CC4(c5ccccc5)CC1(CC(c1ccccc1)(C2)C4=O)C3. The summed E-state index contributed by atoms with van der Waals surface area (Å²) in [6.07, 6.45) is 13.7.